The fourth-order valence-corrected chi connectivity index (χ4v) is 2.99. The first-order valence-electron chi connectivity index (χ1n) is 7.07. The number of aliphatic hydroxyl groups is 1. The maximum Gasteiger partial charge on any atom is 0.123 e. The maximum absolute atomic E-state index is 13.2. The van der Waals surface area contributed by atoms with E-state index in [0.717, 1.165) is 38.3 Å². The van der Waals surface area contributed by atoms with Gasteiger partial charge in [-0.1, -0.05) is 13.8 Å². The largest absolute Gasteiger partial charge is 0.392 e. The van der Waals surface area contributed by atoms with Gasteiger partial charge in [0, 0.05) is 30.4 Å². The molecule has 1 saturated heterocycles. The second kappa shape index (κ2) is 6.35. The molecule has 1 heterocycles. The number of nitrogens with zero attached hydrogens (tertiary/aromatic N) is 2. The van der Waals surface area contributed by atoms with Gasteiger partial charge < -0.3 is 10.0 Å². The number of halogens is 1. The smallest absolute Gasteiger partial charge is 0.123 e. The number of aliphatic hydroxyl groups excluding tert-OH is 1. The average Bonchev–Trinajstić information content (AvgIpc) is 2.89. The monoisotopic (exact) mass is 266 g/mol. The van der Waals surface area contributed by atoms with Crippen LogP contribution in [0.15, 0.2) is 18.2 Å². The second-order valence-corrected chi connectivity index (χ2v) is 5.04. The highest BCUT2D eigenvalue weighted by atomic mass is 19.1. The van der Waals surface area contributed by atoms with E-state index in [4.69, 9.17) is 0 Å². The molecule has 1 aromatic rings. The van der Waals surface area contributed by atoms with Crippen LogP contribution < -0.4 is 4.90 Å². The minimum Gasteiger partial charge on any atom is -0.392 e. The van der Waals surface area contributed by atoms with E-state index in [1.54, 1.807) is 6.07 Å². The normalized spacial score (nSPS) is 19.4. The summed E-state index contributed by atoms with van der Waals surface area (Å²) in [5, 5.41) is 9.37. The van der Waals surface area contributed by atoms with Crippen LogP contribution in [-0.4, -0.2) is 42.2 Å². The molecule has 1 N–H and O–H groups in total. The Bertz CT molecular complexity index is 421. The molecule has 0 aliphatic carbocycles. The molecule has 1 unspecified atom stereocenters. The molecule has 3 nitrogen and oxygen atoms in total. The van der Waals surface area contributed by atoms with Crippen LogP contribution in [-0.2, 0) is 6.61 Å². The Morgan fingerprint density at radius 2 is 2.11 bits per heavy atom. The third-order valence-corrected chi connectivity index (χ3v) is 4.04. The van der Waals surface area contributed by atoms with E-state index in [2.05, 4.69) is 23.6 Å². The number of hydrogen-bond donors (Lipinski definition) is 1. The lowest BCUT2D eigenvalue weighted by Gasteiger charge is -2.27. The molecule has 0 bridgehead atoms. The first-order valence-corrected chi connectivity index (χ1v) is 7.07. The van der Waals surface area contributed by atoms with Crippen molar-refractivity contribution in [2.75, 3.05) is 31.1 Å². The quantitative estimate of drug-likeness (QED) is 0.885. The highest BCUT2D eigenvalue weighted by Crippen LogP contribution is 2.27. The highest BCUT2D eigenvalue weighted by Gasteiger charge is 2.27. The zero-order valence-electron chi connectivity index (χ0n) is 11.8. The summed E-state index contributed by atoms with van der Waals surface area (Å²) in [6.07, 6.45) is 1.13. The van der Waals surface area contributed by atoms with Crippen LogP contribution in [0.1, 0.15) is 25.8 Å². The first kappa shape index (κ1) is 14.3. The van der Waals surface area contributed by atoms with Gasteiger partial charge in [0.25, 0.3) is 0 Å². The SMILES string of the molecule is CCN(CC)C1CCN(c2ccc(F)cc2CO)C1. The van der Waals surface area contributed by atoms with Gasteiger partial charge in [-0.3, -0.25) is 4.90 Å². The predicted molar refractivity (Wildman–Crippen MR) is 75.9 cm³/mol. The zero-order chi connectivity index (χ0) is 13.8. The molecule has 4 heteroatoms. The van der Waals surface area contributed by atoms with Crippen LogP contribution in [0.3, 0.4) is 0 Å². The van der Waals surface area contributed by atoms with Crippen molar-refractivity contribution in [3.05, 3.63) is 29.6 Å². The first-order chi connectivity index (χ1) is 9.19. The lowest BCUT2D eigenvalue weighted by molar-refractivity contribution is 0.232. The van der Waals surface area contributed by atoms with E-state index in [9.17, 15) is 9.50 Å². The van der Waals surface area contributed by atoms with Gasteiger partial charge >= 0.3 is 0 Å². The van der Waals surface area contributed by atoms with Crippen molar-refractivity contribution in [3.63, 3.8) is 0 Å². The van der Waals surface area contributed by atoms with E-state index in [1.165, 1.54) is 12.1 Å². The second-order valence-electron chi connectivity index (χ2n) is 5.04. The van der Waals surface area contributed by atoms with Crippen molar-refractivity contribution in [2.24, 2.45) is 0 Å². The molecule has 0 amide bonds. The maximum atomic E-state index is 13.2. The molecule has 1 aliphatic rings. The summed E-state index contributed by atoms with van der Waals surface area (Å²) in [5.74, 6) is -0.285. The molecule has 1 atom stereocenters. The van der Waals surface area contributed by atoms with Crippen LogP contribution in [0.2, 0.25) is 0 Å². The Balaban J connectivity index is 2.12. The van der Waals surface area contributed by atoms with E-state index in [0.29, 0.717) is 11.6 Å². The van der Waals surface area contributed by atoms with Crippen LogP contribution in [0.5, 0.6) is 0 Å². The molecule has 2 rings (SSSR count). The Morgan fingerprint density at radius 1 is 1.37 bits per heavy atom. The third-order valence-electron chi connectivity index (χ3n) is 4.04. The van der Waals surface area contributed by atoms with Crippen molar-refractivity contribution in [1.82, 2.24) is 4.90 Å². The molecule has 0 spiro atoms. The molecule has 0 radical (unpaired) electrons. The Hall–Kier alpha value is -1.13. The molecule has 1 aliphatic heterocycles. The summed E-state index contributed by atoms with van der Waals surface area (Å²) in [7, 11) is 0. The minimum atomic E-state index is -0.285. The van der Waals surface area contributed by atoms with Gasteiger partial charge in [0.05, 0.1) is 6.61 Å². The van der Waals surface area contributed by atoms with E-state index in [1.807, 2.05) is 0 Å². The molecule has 0 aromatic heterocycles. The Morgan fingerprint density at radius 3 is 2.74 bits per heavy atom. The van der Waals surface area contributed by atoms with E-state index >= 15 is 0 Å². The van der Waals surface area contributed by atoms with Gasteiger partial charge in [-0.2, -0.15) is 0 Å². The topological polar surface area (TPSA) is 26.7 Å². The minimum absolute atomic E-state index is 0.112. The highest BCUT2D eigenvalue weighted by molar-refractivity contribution is 5.54. The lowest BCUT2D eigenvalue weighted by Crippen LogP contribution is -2.37. The summed E-state index contributed by atoms with van der Waals surface area (Å²) < 4.78 is 13.2. The van der Waals surface area contributed by atoms with Crippen molar-refractivity contribution in [1.29, 1.82) is 0 Å². The van der Waals surface area contributed by atoms with Gasteiger partial charge in [-0.15, -0.1) is 0 Å². The van der Waals surface area contributed by atoms with Crippen LogP contribution in [0, 0.1) is 5.82 Å². The molecule has 0 saturated carbocycles. The van der Waals surface area contributed by atoms with Crippen molar-refractivity contribution >= 4 is 5.69 Å². The van der Waals surface area contributed by atoms with E-state index in [-0.39, 0.29) is 12.4 Å². The lowest BCUT2D eigenvalue weighted by atomic mass is 10.1. The molecule has 19 heavy (non-hydrogen) atoms. The van der Waals surface area contributed by atoms with Crippen molar-refractivity contribution < 1.29 is 9.50 Å². The fourth-order valence-electron chi connectivity index (χ4n) is 2.99. The molecule has 1 aromatic carbocycles. The summed E-state index contributed by atoms with van der Waals surface area (Å²) >= 11 is 0. The number of anilines is 1. The van der Waals surface area contributed by atoms with Crippen LogP contribution >= 0.6 is 0 Å². The van der Waals surface area contributed by atoms with Gasteiger partial charge in [-0.25, -0.2) is 4.39 Å². The van der Waals surface area contributed by atoms with Gasteiger partial charge in [-0.05, 0) is 37.7 Å². The third kappa shape index (κ3) is 3.07. The zero-order valence-corrected chi connectivity index (χ0v) is 11.8. The summed E-state index contributed by atoms with van der Waals surface area (Å²) in [6.45, 7) is 8.31. The molecular formula is C15H23FN2O. The standard InChI is InChI=1S/C15H23FN2O/c1-3-17(4-2)14-7-8-18(10-14)15-6-5-13(16)9-12(15)11-19/h5-6,9,14,19H,3-4,7-8,10-11H2,1-2H3. The Kier molecular flexibility index (Phi) is 4.77. The predicted octanol–water partition coefficient (Wildman–Crippen LogP) is 2.24. The summed E-state index contributed by atoms with van der Waals surface area (Å²) in [5.41, 5.74) is 1.65. The Labute approximate surface area is 114 Å². The summed E-state index contributed by atoms with van der Waals surface area (Å²) in [6, 6.07) is 5.25. The molecule has 1 fully saturated rings. The summed E-state index contributed by atoms with van der Waals surface area (Å²) in [4.78, 5) is 4.72. The molecular weight excluding hydrogens is 243 g/mol. The van der Waals surface area contributed by atoms with Gasteiger partial charge in [0.15, 0.2) is 0 Å². The average molecular weight is 266 g/mol. The van der Waals surface area contributed by atoms with Gasteiger partial charge in [0.2, 0.25) is 0 Å². The number of benzene rings is 1. The fraction of sp³-hybridized carbons (Fsp3) is 0.600. The van der Waals surface area contributed by atoms with Gasteiger partial charge in [0.1, 0.15) is 5.82 Å². The van der Waals surface area contributed by atoms with Crippen molar-refractivity contribution in [3.8, 4) is 0 Å². The van der Waals surface area contributed by atoms with Crippen LogP contribution in [0.25, 0.3) is 0 Å². The molecule has 106 valence electrons. The van der Waals surface area contributed by atoms with E-state index < -0.39 is 0 Å². The number of hydrogen-bond acceptors (Lipinski definition) is 3. The number of likely N-dealkylation sites (N-methyl/N-ethyl adjacent to an activating group) is 1. The van der Waals surface area contributed by atoms with Crippen molar-refractivity contribution in [2.45, 2.75) is 32.9 Å². The van der Waals surface area contributed by atoms with Crippen LogP contribution in [0.4, 0.5) is 10.1 Å². The number of rotatable bonds is 5.